The van der Waals surface area contributed by atoms with Crippen LogP contribution in [0.15, 0.2) is 18.2 Å². The van der Waals surface area contributed by atoms with Crippen molar-refractivity contribution < 1.29 is 19.4 Å². The smallest absolute Gasteiger partial charge is 0.219 e. The highest BCUT2D eigenvalue weighted by Crippen LogP contribution is 2.51. The van der Waals surface area contributed by atoms with Crippen molar-refractivity contribution in [1.29, 1.82) is 0 Å². The number of fused-ring (bicyclic) bond motifs is 1. The minimum atomic E-state index is -0.681. The number of carbonyl (C=O) groups is 1. The first kappa shape index (κ1) is 17.1. The summed E-state index contributed by atoms with van der Waals surface area (Å²) in [5.74, 6) is 1.52. The third-order valence-electron chi connectivity index (χ3n) is 5.73. The summed E-state index contributed by atoms with van der Waals surface area (Å²) in [6, 6.07) is 5.57. The average Bonchev–Trinajstić information content (AvgIpc) is 2.59. The highest BCUT2D eigenvalue weighted by Gasteiger charge is 2.50. The van der Waals surface area contributed by atoms with Gasteiger partial charge in [0.25, 0.3) is 0 Å². The van der Waals surface area contributed by atoms with Gasteiger partial charge in [-0.1, -0.05) is 12.8 Å². The molecule has 0 spiro atoms. The Morgan fingerprint density at radius 2 is 2.04 bits per heavy atom. The molecule has 1 aliphatic carbocycles. The van der Waals surface area contributed by atoms with Crippen molar-refractivity contribution in [2.24, 2.45) is 5.92 Å². The molecule has 2 fully saturated rings. The highest BCUT2D eigenvalue weighted by molar-refractivity contribution is 5.74. The number of nitrogens with zero attached hydrogens (tertiary/aromatic N) is 1. The lowest BCUT2D eigenvalue weighted by Gasteiger charge is -2.52. The molecule has 1 aromatic rings. The van der Waals surface area contributed by atoms with E-state index in [-0.39, 0.29) is 17.9 Å². The normalized spacial score (nSPS) is 29.8. The quantitative estimate of drug-likeness (QED) is 0.924. The van der Waals surface area contributed by atoms with E-state index in [4.69, 9.17) is 9.47 Å². The van der Waals surface area contributed by atoms with E-state index in [0.717, 1.165) is 37.0 Å². The van der Waals surface area contributed by atoms with Gasteiger partial charge >= 0.3 is 0 Å². The van der Waals surface area contributed by atoms with Crippen LogP contribution >= 0.6 is 0 Å². The molecule has 1 saturated heterocycles. The van der Waals surface area contributed by atoms with Gasteiger partial charge in [0.15, 0.2) is 0 Å². The number of rotatable bonds is 3. The first-order valence-corrected chi connectivity index (χ1v) is 8.71. The summed E-state index contributed by atoms with van der Waals surface area (Å²) in [5, 5.41) is 11.2. The fourth-order valence-corrected chi connectivity index (χ4v) is 4.48. The van der Waals surface area contributed by atoms with Crippen LogP contribution in [-0.2, 0) is 4.79 Å². The van der Waals surface area contributed by atoms with Crippen LogP contribution in [0.3, 0.4) is 0 Å². The largest absolute Gasteiger partial charge is 0.497 e. The molecule has 1 N–H and O–H groups in total. The molecule has 2 aliphatic rings. The number of benzene rings is 1. The standard InChI is InChI=1S/C19H27NO4/c1-13(21)20-11-10-19(22)9-5-4-6-16(19)18(20)15-8-7-14(23-2)12-17(15)24-3/h7-8,12,16,18,22H,4-6,9-11H2,1-3H3/t16-,18-,19+/m0/s1. The Hall–Kier alpha value is -1.75. The number of hydrogen-bond donors (Lipinski definition) is 1. The third-order valence-corrected chi connectivity index (χ3v) is 5.73. The van der Waals surface area contributed by atoms with Crippen molar-refractivity contribution in [3.8, 4) is 11.5 Å². The zero-order valence-corrected chi connectivity index (χ0v) is 14.7. The summed E-state index contributed by atoms with van der Waals surface area (Å²) in [7, 11) is 3.25. The molecular formula is C19H27NO4. The molecule has 1 heterocycles. The molecule has 0 unspecified atom stereocenters. The van der Waals surface area contributed by atoms with Crippen molar-refractivity contribution >= 4 is 5.91 Å². The Morgan fingerprint density at radius 1 is 1.25 bits per heavy atom. The third kappa shape index (κ3) is 2.86. The second-order valence-electron chi connectivity index (χ2n) is 6.97. The number of ether oxygens (including phenoxy) is 2. The molecule has 24 heavy (non-hydrogen) atoms. The first-order chi connectivity index (χ1) is 11.5. The molecule has 132 valence electrons. The van der Waals surface area contributed by atoms with Gasteiger partial charge in [0, 0.05) is 31.0 Å². The van der Waals surface area contributed by atoms with Crippen LogP contribution in [0.5, 0.6) is 11.5 Å². The molecule has 3 rings (SSSR count). The summed E-state index contributed by atoms with van der Waals surface area (Å²) in [6.07, 6.45) is 4.55. The van der Waals surface area contributed by atoms with E-state index in [1.54, 1.807) is 21.1 Å². The fraction of sp³-hybridized carbons (Fsp3) is 0.632. The lowest BCUT2D eigenvalue weighted by molar-refractivity contribution is -0.153. The van der Waals surface area contributed by atoms with E-state index in [0.29, 0.717) is 18.7 Å². The monoisotopic (exact) mass is 333 g/mol. The maximum Gasteiger partial charge on any atom is 0.219 e. The molecule has 3 atom stereocenters. The lowest BCUT2D eigenvalue weighted by Crippen LogP contribution is -2.55. The number of methoxy groups -OCH3 is 2. The summed E-state index contributed by atoms with van der Waals surface area (Å²) in [5.41, 5.74) is 0.276. The van der Waals surface area contributed by atoms with Gasteiger partial charge in [-0.25, -0.2) is 0 Å². The fourth-order valence-electron chi connectivity index (χ4n) is 4.48. The van der Waals surface area contributed by atoms with Gasteiger partial charge in [0.2, 0.25) is 5.91 Å². The van der Waals surface area contributed by atoms with Crippen molar-refractivity contribution in [2.75, 3.05) is 20.8 Å². The molecule has 5 heteroatoms. The van der Waals surface area contributed by atoms with E-state index >= 15 is 0 Å². The molecular weight excluding hydrogens is 306 g/mol. The number of carbonyl (C=O) groups excluding carboxylic acids is 1. The minimum Gasteiger partial charge on any atom is -0.497 e. The molecule has 0 radical (unpaired) electrons. The first-order valence-electron chi connectivity index (χ1n) is 8.71. The van der Waals surface area contributed by atoms with Crippen molar-refractivity contribution in [3.05, 3.63) is 23.8 Å². The SMILES string of the molecule is COc1ccc([C@H]2[C@@H]3CCCC[C@@]3(O)CCN2C(C)=O)c(OC)c1. The topological polar surface area (TPSA) is 59.0 Å². The Morgan fingerprint density at radius 3 is 2.71 bits per heavy atom. The van der Waals surface area contributed by atoms with E-state index in [9.17, 15) is 9.90 Å². The molecule has 1 saturated carbocycles. The molecule has 0 aromatic heterocycles. The summed E-state index contributed by atoms with van der Waals surface area (Å²) in [4.78, 5) is 14.2. The van der Waals surface area contributed by atoms with E-state index in [2.05, 4.69) is 0 Å². The lowest BCUT2D eigenvalue weighted by atomic mass is 9.66. The molecule has 1 amide bonds. The Bertz CT molecular complexity index is 617. The average molecular weight is 333 g/mol. The van der Waals surface area contributed by atoms with Crippen LogP contribution in [0.1, 0.15) is 50.6 Å². The highest BCUT2D eigenvalue weighted by atomic mass is 16.5. The predicted octanol–water partition coefficient (Wildman–Crippen LogP) is 2.92. The summed E-state index contributed by atoms with van der Waals surface area (Å²) in [6.45, 7) is 2.19. The second kappa shape index (κ2) is 6.63. The molecule has 1 aromatic carbocycles. The van der Waals surface area contributed by atoms with E-state index in [1.807, 2.05) is 23.1 Å². The summed E-state index contributed by atoms with van der Waals surface area (Å²) < 4.78 is 10.9. The van der Waals surface area contributed by atoms with Gasteiger partial charge in [-0.2, -0.15) is 0 Å². The minimum absolute atomic E-state index is 0.0468. The van der Waals surface area contributed by atoms with Crippen molar-refractivity contribution in [3.63, 3.8) is 0 Å². The van der Waals surface area contributed by atoms with Crippen LogP contribution in [0.4, 0.5) is 0 Å². The molecule has 5 nitrogen and oxygen atoms in total. The van der Waals surface area contributed by atoms with Crippen molar-refractivity contribution in [2.45, 2.75) is 50.7 Å². The van der Waals surface area contributed by atoms with Crippen LogP contribution in [0, 0.1) is 5.92 Å². The van der Waals surface area contributed by atoms with Gasteiger partial charge in [-0.15, -0.1) is 0 Å². The van der Waals surface area contributed by atoms with Crippen LogP contribution < -0.4 is 9.47 Å². The van der Waals surface area contributed by atoms with Crippen LogP contribution in [0.2, 0.25) is 0 Å². The Kier molecular flexibility index (Phi) is 4.72. The number of piperidine rings is 1. The van der Waals surface area contributed by atoms with Gasteiger partial charge in [-0.3, -0.25) is 4.79 Å². The van der Waals surface area contributed by atoms with Crippen molar-refractivity contribution in [1.82, 2.24) is 4.90 Å². The van der Waals surface area contributed by atoms with Gasteiger partial charge in [-0.05, 0) is 31.4 Å². The second-order valence-corrected chi connectivity index (χ2v) is 6.97. The number of likely N-dealkylation sites (tertiary alicyclic amines) is 1. The maximum absolute atomic E-state index is 12.3. The number of aliphatic hydroxyl groups is 1. The Labute approximate surface area is 143 Å². The molecule has 0 bridgehead atoms. The van der Waals surface area contributed by atoms with Gasteiger partial charge < -0.3 is 19.5 Å². The Balaban J connectivity index is 2.07. The van der Waals surface area contributed by atoms with Crippen LogP contribution in [0.25, 0.3) is 0 Å². The van der Waals surface area contributed by atoms with Crippen LogP contribution in [-0.4, -0.2) is 42.3 Å². The summed E-state index contributed by atoms with van der Waals surface area (Å²) >= 11 is 0. The number of hydrogen-bond acceptors (Lipinski definition) is 4. The zero-order valence-electron chi connectivity index (χ0n) is 14.7. The maximum atomic E-state index is 12.3. The van der Waals surface area contributed by atoms with E-state index in [1.165, 1.54) is 0 Å². The predicted molar refractivity (Wildman–Crippen MR) is 91.2 cm³/mol. The zero-order chi connectivity index (χ0) is 17.3. The van der Waals surface area contributed by atoms with Gasteiger partial charge in [0.1, 0.15) is 11.5 Å². The van der Waals surface area contributed by atoms with E-state index < -0.39 is 5.60 Å². The number of amides is 1. The van der Waals surface area contributed by atoms with Gasteiger partial charge in [0.05, 0.1) is 25.9 Å². The molecule has 1 aliphatic heterocycles.